The van der Waals surface area contributed by atoms with Crippen molar-refractivity contribution in [2.24, 2.45) is 0 Å². The second-order valence-corrected chi connectivity index (χ2v) is 9.70. The van der Waals surface area contributed by atoms with E-state index in [4.69, 9.17) is 9.47 Å². The number of carbonyl (C=O) groups excluding carboxylic acids is 2. The van der Waals surface area contributed by atoms with Crippen molar-refractivity contribution < 1.29 is 24.2 Å². The predicted molar refractivity (Wildman–Crippen MR) is 138 cm³/mol. The number of thiazole rings is 1. The Morgan fingerprint density at radius 1 is 1.03 bits per heavy atom. The molecule has 1 amide bonds. The van der Waals surface area contributed by atoms with Gasteiger partial charge in [0.15, 0.2) is 16.6 Å². The summed E-state index contributed by atoms with van der Waals surface area (Å²) in [5.41, 5.74) is 2.73. The molecule has 1 atom stereocenters. The van der Waals surface area contributed by atoms with E-state index in [1.54, 1.807) is 18.2 Å². The van der Waals surface area contributed by atoms with E-state index in [1.807, 2.05) is 67.5 Å². The Kier molecular flexibility index (Phi) is 5.15. The Hall–Kier alpha value is -4.37. The standard InChI is InChI=1S/C27H21N3O5S/c1-29(2)17-10-7-15(8-11-17)23-22(24(31)16-9-12-19-20(13-16)35-14-34-19)25(32)26(33)30(23)27-28-18-5-3-4-6-21(18)36-27/h3-13,23,31H,14H2,1-2H3/b24-22+. The number of nitrogens with zero attached hydrogens (tertiary/aromatic N) is 3. The molecule has 6 rings (SSSR count). The van der Waals surface area contributed by atoms with Gasteiger partial charge in [0.25, 0.3) is 5.78 Å². The molecular formula is C27H21N3O5S. The number of fused-ring (bicyclic) bond motifs is 2. The summed E-state index contributed by atoms with van der Waals surface area (Å²) in [7, 11) is 3.86. The Balaban J connectivity index is 1.54. The summed E-state index contributed by atoms with van der Waals surface area (Å²) in [6, 6.07) is 19.2. The van der Waals surface area contributed by atoms with Gasteiger partial charge in [0.05, 0.1) is 21.8 Å². The first-order valence-electron chi connectivity index (χ1n) is 11.3. The van der Waals surface area contributed by atoms with Gasteiger partial charge in [-0.05, 0) is 48.0 Å². The number of amides is 1. The molecule has 0 saturated carbocycles. The number of hydrogen-bond donors (Lipinski definition) is 1. The van der Waals surface area contributed by atoms with E-state index < -0.39 is 17.7 Å². The highest BCUT2D eigenvalue weighted by Crippen LogP contribution is 2.45. The number of hydrogen-bond acceptors (Lipinski definition) is 8. The van der Waals surface area contributed by atoms with Crippen molar-refractivity contribution in [1.29, 1.82) is 0 Å². The zero-order chi connectivity index (χ0) is 25.0. The van der Waals surface area contributed by atoms with Crippen LogP contribution in [0.5, 0.6) is 11.5 Å². The molecule has 3 aromatic carbocycles. The summed E-state index contributed by atoms with van der Waals surface area (Å²) >= 11 is 1.33. The van der Waals surface area contributed by atoms with E-state index in [1.165, 1.54) is 16.2 Å². The number of ether oxygens (including phenoxy) is 2. The molecule has 2 aliphatic rings. The summed E-state index contributed by atoms with van der Waals surface area (Å²) in [5, 5.41) is 11.8. The van der Waals surface area contributed by atoms with Gasteiger partial charge in [-0.15, -0.1) is 0 Å². The van der Waals surface area contributed by atoms with E-state index in [0.29, 0.717) is 27.8 Å². The second kappa shape index (κ2) is 8.39. The lowest BCUT2D eigenvalue weighted by molar-refractivity contribution is -0.132. The Morgan fingerprint density at radius 3 is 2.53 bits per heavy atom. The van der Waals surface area contributed by atoms with Gasteiger partial charge in [-0.2, -0.15) is 0 Å². The van der Waals surface area contributed by atoms with Crippen molar-refractivity contribution in [2.45, 2.75) is 6.04 Å². The van der Waals surface area contributed by atoms with E-state index >= 15 is 0 Å². The lowest BCUT2D eigenvalue weighted by Crippen LogP contribution is -2.29. The molecule has 1 saturated heterocycles. The number of aliphatic hydroxyl groups excluding tert-OH is 1. The fraction of sp³-hybridized carbons (Fsp3) is 0.148. The molecule has 0 aliphatic carbocycles. The van der Waals surface area contributed by atoms with Crippen molar-refractivity contribution in [3.8, 4) is 11.5 Å². The van der Waals surface area contributed by atoms with Gasteiger partial charge in [-0.25, -0.2) is 4.98 Å². The molecule has 2 aliphatic heterocycles. The molecule has 3 heterocycles. The van der Waals surface area contributed by atoms with Crippen LogP contribution >= 0.6 is 11.3 Å². The summed E-state index contributed by atoms with van der Waals surface area (Å²) in [5.74, 6) is -0.773. The number of benzene rings is 3. The summed E-state index contributed by atoms with van der Waals surface area (Å²) in [6.07, 6.45) is 0. The van der Waals surface area contributed by atoms with Crippen LogP contribution in [0.3, 0.4) is 0 Å². The number of anilines is 2. The molecule has 36 heavy (non-hydrogen) atoms. The molecule has 0 spiro atoms. The van der Waals surface area contributed by atoms with Crippen LogP contribution in [0.25, 0.3) is 16.0 Å². The second-order valence-electron chi connectivity index (χ2n) is 8.69. The van der Waals surface area contributed by atoms with Gasteiger partial charge < -0.3 is 19.5 Å². The zero-order valence-electron chi connectivity index (χ0n) is 19.5. The topological polar surface area (TPSA) is 92.2 Å². The van der Waals surface area contributed by atoms with Crippen molar-refractivity contribution in [3.05, 3.63) is 83.4 Å². The van der Waals surface area contributed by atoms with E-state index in [9.17, 15) is 14.7 Å². The SMILES string of the molecule is CN(C)c1ccc(C2/C(=C(\O)c3ccc4c(c3)OCO4)C(=O)C(=O)N2c2nc3ccccc3s2)cc1. The number of ketones is 1. The lowest BCUT2D eigenvalue weighted by Gasteiger charge is -2.23. The van der Waals surface area contributed by atoms with Crippen LogP contribution in [-0.4, -0.2) is 42.7 Å². The van der Waals surface area contributed by atoms with Crippen molar-refractivity contribution in [2.75, 3.05) is 30.7 Å². The first-order chi connectivity index (χ1) is 17.4. The van der Waals surface area contributed by atoms with Gasteiger partial charge >= 0.3 is 5.91 Å². The highest BCUT2D eigenvalue weighted by molar-refractivity contribution is 7.22. The number of aliphatic hydroxyl groups is 1. The maximum absolute atomic E-state index is 13.4. The number of carbonyl (C=O) groups is 2. The smallest absolute Gasteiger partial charge is 0.301 e. The number of aromatic nitrogens is 1. The van der Waals surface area contributed by atoms with Gasteiger partial charge in [-0.1, -0.05) is 35.6 Å². The van der Waals surface area contributed by atoms with Crippen LogP contribution in [-0.2, 0) is 9.59 Å². The fourth-order valence-electron chi connectivity index (χ4n) is 4.46. The largest absolute Gasteiger partial charge is 0.507 e. The summed E-state index contributed by atoms with van der Waals surface area (Å²) < 4.78 is 11.7. The van der Waals surface area contributed by atoms with Crippen LogP contribution in [0.2, 0.25) is 0 Å². The van der Waals surface area contributed by atoms with Crippen molar-refractivity contribution in [1.82, 2.24) is 4.98 Å². The average Bonchev–Trinajstić information content (AvgIpc) is 3.59. The highest BCUT2D eigenvalue weighted by Gasteiger charge is 2.48. The first kappa shape index (κ1) is 22.1. The minimum absolute atomic E-state index is 0.00396. The number of Topliss-reactive ketones (excluding diaryl/α,β-unsaturated/α-hetero) is 1. The molecule has 9 heteroatoms. The van der Waals surface area contributed by atoms with Gasteiger partial charge in [0.1, 0.15) is 5.76 Å². The minimum Gasteiger partial charge on any atom is -0.507 e. The fourth-order valence-corrected chi connectivity index (χ4v) is 5.45. The molecule has 1 aromatic heterocycles. The van der Waals surface area contributed by atoms with Gasteiger partial charge in [0, 0.05) is 25.3 Å². The third-order valence-electron chi connectivity index (χ3n) is 6.30. The van der Waals surface area contributed by atoms with Crippen molar-refractivity contribution >= 4 is 49.8 Å². The maximum atomic E-state index is 13.4. The Morgan fingerprint density at radius 2 is 1.78 bits per heavy atom. The molecule has 0 bridgehead atoms. The molecule has 1 unspecified atom stereocenters. The van der Waals surface area contributed by atoms with Gasteiger partial charge in [-0.3, -0.25) is 14.5 Å². The normalized spacial score (nSPS) is 18.3. The lowest BCUT2D eigenvalue weighted by atomic mass is 9.95. The van der Waals surface area contributed by atoms with E-state index in [2.05, 4.69) is 4.98 Å². The van der Waals surface area contributed by atoms with Crippen LogP contribution in [0.1, 0.15) is 17.2 Å². The first-order valence-corrected chi connectivity index (χ1v) is 12.1. The molecule has 1 N–H and O–H groups in total. The monoisotopic (exact) mass is 499 g/mol. The van der Waals surface area contributed by atoms with E-state index in [-0.39, 0.29) is 18.1 Å². The molecule has 0 radical (unpaired) electrons. The molecule has 8 nitrogen and oxygen atoms in total. The zero-order valence-corrected chi connectivity index (χ0v) is 20.3. The predicted octanol–water partition coefficient (Wildman–Crippen LogP) is 4.72. The minimum atomic E-state index is -0.854. The van der Waals surface area contributed by atoms with Crippen LogP contribution < -0.4 is 19.3 Å². The van der Waals surface area contributed by atoms with E-state index in [0.717, 1.165) is 15.9 Å². The number of rotatable bonds is 4. The molecule has 4 aromatic rings. The summed E-state index contributed by atoms with van der Waals surface area (Å²) in [6.45, 7) is 0.0831. The maximum Gasteiger partial charge on any atom is 0.301 e. The van der Waals surface area contributed by atoms with Gasteiger partial charge in [0.2, 0.25) is 6.79 Å². The summed E-state index contributed by atoms with van der Waals surface area (Å²) in [4.78, 5) is 34.8. The van der Waals surface area contributed by atoms with Crippen LogP contribution in [0, 0.1) is 0 Å². The highest BCUT2D eigenvalue weighted by atomic mass is 32.1. The Bertz CT molecular complexity index is 1520. The molecule has 180 valence electrons. The Labute approximate surface area is 210 Å². The van der Waals surface area contributed by atoms with Crippen LogP contribution in [0.15, 0.2) is 72.3 Å². The number of para-hydroxylation sites is 1. The third-order valence-corrected chi connectivity index (χ3v) is 7.34. The quantitative estimate of drug-likeness (QED) is 0.247. The van der Waals surface area contributed by atoms with Crippen molar-refractivity contribution in [3.63, 3.8) is 0 Å². The molecule has 1 fully saturated rings. The average molecular weight is 500 g/mol. The van der Waals surface area contributed by atoms with Crippen LogP contribution in [0.4, 0.5) is 10.8 Å². The molecular weight excluding hydrogens is 478 g/mol. The third kappa shape index (κ3) is 3.47.